The Labute approximate surface area is 219 Å². The molecule has 1 atom stereocenters. The second-order valence-corrected chi connectivity index (χ2v) is 8.87. The number of carbonyl (C=O) groups is 1. The fourth-order valence-corrected chi connectivity index (χ4v) is 4.56. The van der Waals surface area contributed by atoms with Gasteiger partial charge in [-0.15, -0.1) is 0 Å². The minimum absolute atomic E-state index is 0. The van der Waals surface area contributed by atoms with Gasteiger partial charge in [0.2, 0.25) is 0 Å². The molecule has 5 nitrogen and oxygen atoms in total. The Kier molecular flexibility index (Phi) is 24.0. The third-order valence-electron chi connectivity index (χ3n) is 6.34. The predicted octanol–water partition coefficient (Wildman–Crippen LogP) is 2.18. The number of aliphatic hydroxyl groups excluding tert-OH is 1. The van der Waals surface area contributed by atoms with Gasteiger partial charge in [-0.1, -0.05) is 96.8 Å². The summed E-state index contributed by atoms with van der Waals surface area (Å²) in [7, 11) is 0. The molecule has 1 heterocycles. The average molecular weight is 470 g/mol. The van der Waals surface area contributed by atoms with E-state index < -0.39 is 5.97 Å². The van der Waals surface area contributed by atoms with Crippen LogP contribution in [0, 0.1) is 0 Å². The second kappa shape index (κ2) is 22.2. The van der Waals surface area contributed by atoms with Crippen molar-refractivity contribution >= 4 is 41.4 Å². The molecule has 2 N–H and O–H groups in total. The normalized spacial score (nSPS) is 17.7. The summed E-state index contributed by atoms with van der Waals surface area (Å²) in [6.45, 7) is 4.24. The van der Waals surface area contributed by atoms with Crippen LogP contribution in [-0.4, -0.2) is 88.8 Å². The molecule has 0 spiro atoms. The third kappa shape index (κ3) is 15.8. The van der Waals surface area contributed by atoms with Crippen LogP contribution in [0.5, 0.6) is 0 Å². The molecule has 1 aliphatic heterocycles. The molecule has 179 valence electrons. The van der Waals surface area contributed by atoms with E-state index in [-0.39, 0.29) is 55.1 Å². The number of rotatable bonds is 20. The van der Waals surface area contributed by atoms with Gasteiger partial charge in [0.15, 0.2) is 12.4 Å². The molecule has 0 bridgehead atoms. The summed E-state index contributed by atoms with van der Waals surface area (Å²) in [5.74, 6) is 0.195. The largest absolute Gasteiger partial charge is 1.00 e. The number of hydrogen-bond acceptors (Lipinski definition) is 3. The Bertz CT molecular complexity index is 466. The minimum atomic E-state index is -0.801. The number of amidine groups is 1. The van der Waals surface area contributed by atoms with Gasteiger partial charge in [-0.05, 0) is 6.42 Å². The molecule has 1 unspecified atom stereocenters. The molecule has 0 aliphatic carbocycles. The Morgan fingerprint density at radius 2 is 1.32 bits per heavy atom. The van der Waals surface area contributed by atoms with E-state index in [2.05, 4.69) is 11.9 Å². The van der Waals surface area contributed by atoms with E-state index in [1.165, 1.54) is 89.9 Å². The van der Waals surface area contributed by atoms with Crippen molar-refractivity contribution in [3.63, 3.8) is 0 Å². The van der Waals surface area contributed by atoms with Crippen LogP contribution in [0.4, 0.5) is 0 Å². The van der Waals surface area contributed by atoms with Crippen molar-refractivity contribution in [2.24, 2.45) is 4.99 Å². The van der Waals surface area contributed by atoms with Crippen LogP contribution < -0.4 is 12.4 Å². The van der Waals surface area contributed by atoms with Crippen molar-refractivity contribution in [2.75, 3.05) is 32.8 Å². The van der Waals surface area contributed by atoms with Crippen LogP contribution >= 0.6 is 0 Å². The molecular formula is C24H47ClN2NaO3. The molecule has 1 radical (unpaired) electrons. The van der Waals surface area contributed by atoms with Crippen molar-refractivity contribution < 1.29 is 31.9 Å². The number of quaternary nitrogens is 1. The third-order valence-corrected chi connectivity index (χ3v) is 6.34. The number of aliphatic hydroxyl groups is 1. The predicted molar refractivity (Wildman–Crippen MR) is 127 cm³/mol. The first-order valence-electron chi connectivity index (χ1n) is 12.4. The smallest absolute Gasteiger partial charge is 0.359 e. The molecule has 0 amide bonds. The number of aliphatic carboxylic acids is 1. The summed E-state index contributed by atoms with van der Waals surface area (Å²) in [4.78, 5) is 15.8. The van der Waals surface area contributed by atoms with E-state index in [9.17, 15) is 15.0 Å². The van der Waals surface area contributed by atoms with Crippen molar-refractivity contribution in [3.8, 4) is 0 Å². The quantitative estimate of drug-likeness (QED) is 0.163. The standard InChI is InChI=1S/C24H46N2O3.ClH.Na/c1-2-3-4-5-6-7-8-9-10-11-12-13-14-15-16-17-23-25-18-19-26(23,20-21-27)22-24(28)29;;/h27H,2-22H2,1H3;1H;. The zero-order chi connectivity index (χ0) is 21.2. The number of nitrogens with zero attached hydrogens (tertiary/aromatic N) is 2. The average Bonchev–Trinajstić information content (AvgIpc) is 3.06. The van der Waals surface area contributed by atoms with Crippen molar-refractivity contribution in [2.45, 2.75) is 110 Å². The van der Waals surface area contributed by atoms with Crippen LogP contribution in [0.25, 0.3) is 0 Å². The number of carboxylic acid groups (broad SMARTS) is 1. The van der Waals surface area contributed by atoms with Gasteiger partial charge in [0, 0.05) is 36.0 Å². The van der Waals surface area contributed by atoms with Crippen LogP contribution in [0.3, 0.4) is 0 Å². The molecule has 0 aromatic heterocycles. The maximum Gasteiger partial charge on any atom is 0.359 e. The summed E-state index contributed by atoms with van der Waals surface area (Å²) in [6, 6.07) is 0. The Balaban J connectivity index is 0. The maximum absolute atomic E-state index is 11.2. The van der Waals surface area contributed by atoms with Gasteiger partial charge >= 0.3 is 5.97 Å². The summed E-state index contributed by atoms with van der Waals surface area (Å²) < 4.78 is 0.366. The SMILES string of the molecule is CCCCCCCCCCCCCCCCCC1=NCC[N+]1(CCO)CC(=O)O.[Cl-].[Na]. The number of aliphatic imine (C=N–C) groups is 1. The van der Waals surface area contributed by atoms with Crippen molar-refractivity contribution in [1.29, 1.82) is 0 Å². The van der Waals surface area contributed by atoms with E-state index in [4.69, 9.17) is 0 Å². The van der Waals surface area contributed by atoms with Crippen LogP contribution in [0.1, 0.15) is 110 Å². The summed E-state index contributed by atoms with van der Waals surface area (Å²) in [5, 5.41) is 18.6. The first kappa shape index (κ1) is 33.5. The summed E-state index contributed by atoms with van der Waals surface area (Å²) in [5.41, 5.74) is 0. The molecule has 0 fully saturated rings. The van der Waals surface area contributed by atoms with Gasteiger partial charge in [0.1, 0.15) is 13.1 Å². The zero-order valence-corrected chi connectivity index (χ0v) is 23.2. The molecule has 1 aliphatic rings. The Morgan fingerprint density at radius 1 is 0.871 bits per heavy atom. The molecule has 7 heteroatoms. The van der Waals surface area contributed by atoms with Crippen LogP contribution in [0.2, 0.25) is 0 Å². The maximum atomic E-state index is 11.2. The van der Waals surface area contributed by atoms with Gasteiger partial charge < -0.3 is 22.6 Å². The Hall–Kier alpha value is 0.350. The number of unbranched alkanes of at least 4 members (excludes halogenated alkanes) is 14. The molecule has 0 saturated heterocycles. The fraction of sp³-hybridized carbons (Fsp3) is 0.917. The van der Waals surface area contributed by atoms with Gasteiger partial charge in [-0.25, -0.2) is 9.79 Å². The second-order valence-electron chi connectivity index (χ2n) is 8.87. The molecule has 0 aromatic carbocycles. The zero-order valence-electron chi connectivity index (χ0n) is 20.4. The number of halogens is 1. The van der Waals surface area contributed by atoms with Crippen molar-refractivity contribution in [3.05, 3.63) is 0 Å². The van der Waals surface area contributed by atoms with Crippen LogP contribution in [-0.2, 0) is 4.79 Å². The molecular weight excluding hydrogens is 423 g/mol. The van der Waals surface area contributed by atoms with Gasteiger partial charge in [0.05, 0.1) is 13.2 Å². The van der Waals surface area contributed by atoms with E-state index in [0.29, 0.717) is 17.6 Å². The number of hydrogen-bond donors (Lipinski definition) is 2. The molecule has 1 rings (SSSR count). The topological polar surface area (TPSA) is 69.9 Å². The van der Waals surface area contributed by atoms with E-state index in [1.54, 1.807) is 0 Å². The van der Waals surface area contributed by atoms with Crippen LogP contribution in [0.15, 0.2) is 4.99 Å². The van der Waals surface area contributed by atoms with Gasteiger partial charge in [-0.3, -0.25) is 4.48 Å². The summed E-state index contributed by atoms with van der Waals surface area (Å²) in [6.07, 6.45) is 21.1. The van der Waals surface area contributed by atoms with Gasteiger partial charge in [-0.2, -0.15) is 0 Å². The Morgan fingerprint density at radius 3 is 1.74 bits per heavy atom. The molecule has 0 saturated carbocycles. The minimum Gasteiger partial charge on any atom is -1.00 e. The van der Waals surface area contributed by atoms with Crippen molar-refractivity contribution in [1.82, 2.24) is 0 Å². The molecule has 0 aromatic rings. The van der Waals surface area contributed by atoms with Gasteiger partial charge in [0.25, 0.3) is 0 Å². The fourth-order valence-electron chi connectivity index (χ4n) is 4.56. The summed E-state index contributed by atoms with van der Waals surface area (Å²) >= 11 is 0. The first-order valence-corrected chi connectivity index (χ1v) is 12.4. The first-order chi connectivity index (χ1) is 14.1. The number of carboxylic acids is 1. The van der Waals surface area contributed by atoms with E-state index in [1.807, 2.05) is 0 Å². The molecule has 31 heavy (non-hydrogen) atoms. The monoisotopic (exact) mass is 469 g/mol. The van der Waals surface area contributed by atoms with E-state index >= 15 is 0 Å². The van der Waals surface area contributed by atoms with E-state index in [0.717, 1.165) is 25.2 Å².